The molecule has 0 spiro atoms. The maximum atomic E-state index is 13.0. The number of rotatable bonds is 41. The van der Waals surface area contributed by atoms with E-state index in [9.17, 15) is 45.3 Å². The van der Waals surface area contributed by atoms with Gasteiger partial charge >= 0.3 is 11.9 Å². The minimum absolute atomic E-state index is 0.104. The average Bonchev–Trinajstić information content (AvgIpc) is 3.32. The smallest absolute Gasteiger partial charge is 0.306 e. The van der Waals surface area contributed by atoms with Gasteiger partial charge in [0.15, 0.2) is 18.7 Å². The van der Waals surface area contributed by atoms with Crippen molar-refractivity contribution in [1.29, 1.82) is 0 Å². The molecular formula is C52H94O15. The topological polar surface area (TPSA) is 231 Å². The van der Waals surface area contributed by atoms with Crippen LogP contribution in [0.3, 0.4) is 0 Å². The van der Waals surface area contributed by atoms with Gasteiger partial charge in [0.2, 0.25) is 0 Å². The minimum atomic E-state index is -1.77. The van der Waals surface area contributed by atoms with Crippen molar-refractivity contribution in [2.45, 2.75) is 268 Å². The first-order chi connectivity index (χ1) is 32.5. The number of hydrogen-bond acceptors (Lipinski definition) is 15. The normalized spacial score (nSPS) is 26.1. The highest BCUT2D eigenvalue weighted by atomic mass is 16.7. The van der Waals surface area contributed by atoms with E-state index in [0.29, 0.717) is 19.3 Å². The molecule has 0 aromatic carbocycles. The third kappa shape index (κ3) is 27.8. The van der Waals surface area contributed by atoms with Crippen LogP contribution in [0.1, 0.15) is 200 Å². The number of carbonyl (C=O) groups excluding carboxylic acids is 2. The van der Waals surface area contributed by atoms with E-state index in [2.05, 4.69) is 32.1 Å². The Morgan fingerprint density at radius 1 is 0.478 bits per heavy atom. The summed E-state index contributed by atoms with van der Waals surface area (Å²) in [5, 5.41) is 72.1. The number of unbranched alkanes of at least 4 members (excludes halogenated alkanes) is 23. The predicted octanol–water partition coefficient (Wildman–Crippen LogP) is 7.55. The van der Waals surface area contributed by atoms with E-state index >= 15 is 0 Å². The molecule has 2 saturated heterocycles. The van der Waals surface area contributed by atoms with E-state index in [1.54, 1.807) is 0 Å². The summed E-state index contributed by atoms with van der Waals surface area (Å²) in [6.07, 6.45) is 23.6. The van der Waals surface area contributed by atoms with Gasteiger partial charge in [-0.15, -0.1) is 0 Å². The first kappa shape index (κ1) is 61.1. The molecule has 4 unspecified atom stereocenters. The van der Waals surface area contributed by atoms with Crippen LogP contribution in [0.2, 0.25) is 0 Å². The Kier molecular flexibility index (Phi) is 36.2. The van der Waals surface area contributed by atoms with Gasteiger partial charge in [0, 0.05) is 12.8 Å². The highest BCUT2D eigenvalue weighted by Gasteiger charge is 2.47. The Balaban J connectivity index is 1.82. The number of ether oxygens (including phenoxy) is 6. The molecule has 67 heavy (non-hydrogen) atoms. The van der Waals surface area contributed by atoms with Gasteiger partial charge in [0.1, 0.15) is 55.4 Å². The van der Waals surface area contributed by atoms with Crippen molar-refractivity contribution in [3.8, 4) is 0 Å². The molecule has 2 aliphatic heterocycles. The summed E-state index contributed by atoms with van der Waals surface area (Å²) in [5.41, 5.74) is 0. The highest BCUT2D eigenvalue weighted by molar-refractivity contribution is 5.70. The van der Waals surface area contributed by atoms with E-state index in [0.717, 1.165) is 32.1 Å². The maximum Gasteiger partial charge on any atom is 0.306 e. The van der Waals surface area contributed by atoms with Crippen molar-refractivity contribution in [3.05, 3.63) is 24.3 Å². The molecule has 11 atom stereocenters. The lowest BCUT2D eigenvalue weighted by molar-refractivity contribution is -0.332. The van der Waals surface area contributed by atoms with Gasteiger partial charge < -0.3 is 64.2 Å². The molecule has 2 rings (SSSR count). The fourth-order valence-electron chi connectivity index (χ4n) is 8.32. The second-order valence-corrected chi connectivity index (χ2v) is 18.7. The van der Waals surface area contributed by atoms with Crippen LogP contribution in [0.25, 0.3) is 0 Å². The van der Waals surface area contributed by atoms with Crippen molar-refractivity contribution in [2.75, 3.05) is 26.4 Å². The molecule has 7 N–H and O–H groups in total. The zero-order valence-corrected chi connectivity index (χ0v) is 41.4. The van der Waals surface area contributed by atoms with Crippen molar-refractivity contribution < 1.29 is 73.8 Å². The van der Waals surface area contributed by atoms with Crippen LogP contribution in [-0.2, 0) is 38.0 Å². The van der Waals surface area contributed by atoms with E-state index in [-0.39, 0.29) is 19.4 Å². The van der Waals surface area contributed by atoms with Crippen molar-refractivity contribution >= 4 is 11.9 Å². The Morgan fingerprint density at radius 2 is 0.910 bits per heavy atom. The Bertz CT molecular complexity index is 1270. The van der Waals surface area contributed by atoms with Gasteiger partial charge in [-0.05, 0) is 38.5 Å². The molecule has 15 heteroatoms. The second-order valence-electron chi connectivity index (χ2n) is 18.7. The number of hydrogen-bond donors (Lipinski definition) is 7. The summed E-state index contributed by atoms with van der Waals surface area (Å²) in [6.45, 7) is 2.56. The van der Waals surface area contributed by atoms with E-state index in [1.165, 1.54) is 122 Å². The Labute approximate surface area is 403 Å². The summed E-state index contributed by atoms with van der Waals surface area (Å²) < 4.78 is 33.5. The molecule has 392 valence electrons. The minimum Gasteiger partial charge on any atom is -0.462 e. The quantitative estimate of drug-likeness (QED) is 0.0178. The van der Waals surface area contributed by atoms with Crippen molar-refractivity contribution in [1.82, 2.24) is 0 Å². The third-order valence-electron chi connectivity index (χ3n) is 12.7. The van der Waals surface area contributed by atoms with Crippen molar-refractivity contribution in [2.24, 2.45) is 0 Å². The standard InChI is InChI=1S/C52H94O15/c1-3-5-7-9-11-13-15-17-19-20-21-23-25-27-29-31-33-35-44(55)65-40(37-62-43(54)34-32-30-28-26-24-22-18-16-14-12-10-8-6-4-2)38-63-51-50(61)48(59)46(57)42(67-51)39-64-52-49(60)47(58)45(56)41(36-53)66-52/h21,23,27,29,40-42,45-53,56-61H,3-20,22,24-26,28,30-39H2,1-2H3/b23-21+,29-27+/t40-,41+,42+,45-,46-,47?,48?,49?,50?,51+,52+/m1/s1. The lowest BCUT2D eigenvalue weighted by Crippen LogP contribution is -2.61. The molecule has 0 bridgehead atoms. The highest BCUT2D eigenvalue weighted by Crippen LogP contribution is 2.26. The maximum absolute atomic E-state index is 13.0. The van der Waals surface area contributed by atoms with Crippen LogP contribution in [0, 0.1) is 0 Å². The average molecular weight is 959 g/mol. The molecule has 0 radical (unpaired) electrons. The number of esters is 2. The fourth-order valence-corrected chi connectivity index (χ4v) is 8.32. The largest absolute Gasteiger partial charge is 0.462 e. The number of aliphatic hydroxyl groups excluding tert-OH is 7. The molecule has 2 fully saturated rings. The van der Waals surface area contributed by atoms with E-state index < -0.39 is 99.3 Å². The van der Waals surface area contributed by atoms with E-state index in [4.69, 9.17) is 28.4 Å². The van der Waals surface area contributed by atoms with Gasteiger partial charge in [-0.1, -0.05) is 173 Å². The Hall–Kier alpha value is -2.02. The predicted molar refractivity (Wildman–Crippen MR) is 257 cm³/mol. The number of allylic oxidation sites excluding steroid dienone is 4. The van der Waals surface area contributed by atoms with Gasteiger partial charge in [-0.25, -0.2) is 0 Å². The second kappa shape index (κ2) is 39.7. The zero-order chi connectivity index (χ0) is 48.9. The first-order valence-corrected chi connectivity index (χ1v) is 26.4. The van der Waals surface area contributed by atoms with Crippen LogP contribution in [0.15, 0.2) is 24.3 Å². The summed E-state index contributed by atoms with van der Waals surface area (Å²) in [6, 6.07) is 0. The van der Waals surface area contributed by atoms with Gasteiger partial charge in [-0.2, -0.15) is 0 Å². The van der Waals surface area contributed by atoms with E-state index in [1.807, 2.05) is 6.08 Å². The summed E-state index contributed by atoms with van der Waals surface area (Å²) in [7, 11) is 0. The molecule has 2 heterocycles. The lowest BCUT2D eigenvalue weighted by atomic mass is 9.98. The SMILES string of the molecule is CCCCCCCCCCC/C=C/C/C=C/CCCC(=O)O[C@H](COC(=O)CCCCCCCCCCCCCCCC)CO[C@H]1O[C@@H](CO[C@H]2O[C@@H](CO)[C@@H](O)C(O)C2O)[C@@H](O)C(O)C1O. The number of carbonyl (C=O) groups is 2. The molecule has 2 aliphatic rings. The molecular weight excluding hydrogens is 865 g/mol. The van der Waals surface area contributed by atoms with Crippen LogP contribution in [-0.4, -0.2) is 142 Å². The first-order valence-electron chi connectivity index (χ1n) is 26.4. The summed E-state index contributed by atoms with van der Waals surface area (Å²) in [4.78, 5) is 25.7. The van der Waals surface area contributed by atoms with Crippen LogP contribution < -0.4 is 0 Å². The van der Waals surface area contributed by atoms with Gasteiger partial charge in [-0.3, -0.25) is 9.59 Å². The van der Waals surface area contributed by atoms with Gasteiger partial charge in [0.05, 0.1) is 19.8 Å². The fraction of sp³-hybridized carbons (Fsp3) is 0.885. The molecule has 15 nitrogen and oxygen atoms in total. The lowest BCUT2D eigenvalue weighted by Gasteiger charge is -2.42. The Morgan fingerprint density at radius 3 is 1.43 bits per heavy atom. The molecule has 0 amide bonds. The molecule has 0 aromatic heterocycles. The molecule has 0 aliphatic carbocycles. The van der Waals surface area contributed by atoms with Crippen LogP contribution in [0.5, 0.6) is 0 Å². The van der Waals surface area contributed by atoms with Gasteiger partial charge in [0.25, 0.3) is 0 Å². The third-order valence-corrected chi connectivity index (χ3v) is 12.7. The molecule has 0 saturated carbocycles. The molecule has 0 aromatic rings. The summed E-state index contributed by atoms with van der Waals surface area (Å²) >= 11 is 0. The van der Waals surface area contributed by atoms with Crippen molar-refractivity contribution in [3.63, 3.8) is 0 Å². The van der Waals surface area contributed by atoms with Crippen LogP contribution >= 0.6 is 0 Å². The number of aliphatic hydroxyl groups is 7. The monoisotopic (exact) mass is 959 g/mol. The zero-order valence-electron chi connectivity index (χ0n) is 41.4. The summed E-state index contributed by atoms with van der Waals surface area (Å²) in [5.74, 6) is -0.970. The van der Waals surface area contributed by atoms with Crippen LogP contribution in [0.4, 0.5) is 0 Å².